The number of ether oxygens (including phenoxy) is 2. The zero-order valence-corrected chi connectivity index (χ0v) is 14.9. The molecule has 3 aromatic carbocycles. The lowest BCUT2D eigenvalue weighted by Gasteiger charge is -2.17. The van der Waals surface area contributed by atoms with E-state index in [-0.39, 0.29) is 5.91 Å². The third-order valence-corrected chi connectivity index (χ3v) is 3.94. The highest BCUT2D eigenvalue weighted by molar-refractivity contribution is 6.32. The lowest BCUT2D eigenvalue weighted by atomic mass is 10.2. The maximum atomic E-state index is 12.5. The van der Waals surface area contributed by atoms with Crippen LogP contribution in [0.15, 0.2) is 78.9 Å². The molecule has 26 heavy (non-hydrogen) atoms. The maximum absolute atomic E-state index is 12.5. The van der Waals surface area contributed by atoms with Crippen LogP contribution in [0.3, 0.4) is 0 Å². The standard InChI is InChI=1S/C21H18ClNO3/c1-15(25-16-9-3-2-4-10-16)21(24)23-18-12-6-8-14-20(18)26-19-13-7-5-11-17(19)22/h2-15H,1H3,(H,23,24). The number of anilines is 1. The molecule has 1 N–H and O–H groups in total. The molecule has 4 nitrogen and oxygen atoms in total. The summed E-state index contributed by atoms with van der Waals surface area (Å²) in [7, 11) is 0. The van der Waals surface area contributed by atoms with E-state index in [0.717, 1.165) is 0 Å². The van der Waals surface area contributed by atoms with Crippen molar-refractivity contribution in [2.45, 2.75) is 13.0 Å². The Morgan fingerprint density at radius 3 is 2.23 bits per heavy atom. The topological polar surface area (TPSA) is 47.6 Å². The summed E-state index contributed by atoms with van der Waals surface area (Å²) in [4.78, 5) is 12.5. The fourth-order valence-electron chi connectivity index (χ4n) is 2.30. The Balaban J connectivity index is 1.71. The summed E-state index contributed by atoms with van der Waals surface area (Å²) in [5.41, 5.74) is 0.543. The smallest absolute Gasteiger partial charge is 0.265 e. The van der Waals surface area contributed by atoms with Gasteiger partial charge < -0.3 is 14.8 Å². The summed E-state index contributed by atoms with van der Waals surface area (Å²) in [6, 6.07) is 23.5. The van der Waals surface area contributed by atoms with Crippen molar-refractivity contribution in [2.24, 2.45) is 0 Å². The van der Waals surface area contributed by atoms with Gasteiger partial charge in [0.15, 0.2) is 11.9 Å². The normalized spacial score (nSPS) is 11.5. The molecule has 0 aliphatic carbocycles. The second-order valence-corrected chi connectivity index (χ2v) is 6.00. The molecule has 0 heterocycles. The molecule has 132 valence electrons. The van der Waals surface area contributed by atoms with E-state index in [9.17, 15) is 4.79 Å². The quantitative estimate of drug-likeness (QED) is 0.622. The Morgan fingerprint density at radius 1 is 0.885 bits per heavy atom. The molecule has 1 unspecified atom stereocenters. The lowest BCUT2D eigenvalue weighted by molar-refractivity contribution is -0.122. The predicted octanol–water partition coefficient (Wildman–Crippen LogP) is 5.54. The molecular formula is C21H18ClNO3. The van der Waals surface area contributed by atoms with Crippen LogP contribution in [-0.2, 0) is 4.79 Å². The number of halogens is 1. The SMILES string of the molecule is CC(Oc1ccccc1)C(=O)Nc1ccccc1Oc1ccccc1Cl. The van der Waals surface area contributed by atoms with Crippen molar-refractivity contribution in [3.63, 3.8) is 0 Å². The Bertz CT molecular complexity index is 883. The van der Waals surface area contributed by atoms with Crippen LogP contribution >= 0.6 is 11.6 Å². The van der Waals surface area contributed by atoms with E-state index in [0.29, 0.717) is 28.0 Å². The van der Waals surface area contributed by atoms with Crippen molar-refractivity contribution < 1.29 is 14.3 Å². The Labute approximate surface area is 157 Å². The zero-order valence-electron chi connectivity index (χ0n) is 14.2. The van der Waals surface area contributed by atoms with Crippen LogP contribution in [0.4, 0.5) is 5.69 Å². The first-order valence-corrected chi connectivity index (χ1v) is 8.55. The summed E-state index contributed by atoms with van der Waals surface area (Å²) in [5.74, 6) is 1.38. The Morgan fingerprint density at radius 2 is 1.50 bits per heavy atom. The number of hydrogen-bond donors (Lipinski definition) is 1. The molecule has 0 bridgehead atoms. The molecule has 0 spiro atoms. The molecule has 0 saturated carbocycles. The van der Waals surface area contributed by atoms with Gasteiger partial charge >= 0.3 is 0 Å². The zero-order chi connectivity index (χ0) is 18.4. The molecule has 0 saturated heterocycles. The average molecular weight is 368 g/mol. The van der Waals surface area contributed by atoms with Crippen molar-refractivity contribution >= 4 is 23.2 Å². The number of carbonyl (C=O) groups excluding carboxylic acids is 1. The second-order valence-electron chi connectivity index (χ2n) is 5.59. The van der Waals surface area contributed by atoms with E-state index < -0.39 is 6.10 Å². The molecule has 3 aromatic rings. The molecule has 5 heteroatoms. The third-order valence-electron chi connectivity index (χ3n) is 3.63. The van der Waals surface area contributed by atoms with Crippen LogP contribution in [0.25, 0.3) is 0 Å². The molecule has 0 aromatic heterocycles. The van der Waals surface area contributed by atoms with Crippen molar-refractivity contribution in [3.8, 4) is 17.2 Å². The van der Waals surface area contributed by atoms with E-state index in [2.05, 4.69) is 5.32 Å². The van der Waals surface area contributed by atoms with Gasteiger partial charge in [0, 0.05) is 0 Å². The van der Waals surface area contributed by atoms with Crippen LogP contribution in [-0.4, -0.2) is 12.0 Å². The average Bonchev–Trinajstić information content (AvgIpc) is 2.66. The minimum absolute atomic E-state index is 0.274. The summed E-state index contributed by atoms with van der Waals surface area (Å²) < 4.78 is 11.5. The van der Waals surface area contributed by atoms with Gasteiger partial charge in [-0.1, -0.05) is 54.1 Å². The van der Waals surface area contributed by atoms with Gasteiger partial charge in [-0.25, -0.2) is 0 Å². The lowest BCUT2D eigenvalue weighted by Crippen LogP contribution is -2.30. The number of nitrogens with one attached hydrogen (secondary N) is 1. The molecule has 1 amide bonds. The Kier molecular flexibility index (Phi) is 5.77. The van der Waals surface area contributed by atoms with Crippen molar-refractivity contribution in [1.29, 1.82) is 0 Å². The van der Waals surface area contributed by atoms with Crippen LogP contribution in [0.5, 0.6) is 17.2 Å². The second kappa shape index (κ2) is 8.41. The van der Waals surface area contributed by atoms with Gasteiger partial charge in [-0.3, -0.25) is 4.79 Å². The molecule has 0 aliphatic rings. The third kappa shape index (κ3) is 4.55. The van der Waals surface area contributed by atoms with Gasteiger partial charge in [0.25, 0.3) is 5.91 Å². The number of rotatable bonds is 6. The number of carbonyl (C=O) groups is 1. The maximum Gasteiger partial charge on any atom is 0.265 e. The van der Waals surface area contributed by atoms with Crippen molar-refractivity contribution in [1.82, 2.24) is 0 Å². The van der Waals surface area contributed by atoms with Gasteiger partial charge in [0.05, 0.1) is 10.7 Å². The van der Waals surface area contributed by atoms with Gasteiger partial charge in [-0.15, -0.1) is 0 Å². The molecule has 0 aliphatic heterocycles. The minimum Gasteiger partial charge on any atom is -0.481 e. The Hall–Kier alpha value is -2.98. The first-order chi connectivity index (χ1) is 12.6. The van der Waals surface area contributed by atoms with Gasteiger partial charge in [-0.2, -0.15) is 0 Å². The first-order valence-electron chi connectivity index (χ1n) is 8.17. The van der Waals surface area contributed by atoms with Crippen LogP contribution < -0.4 is 14.8 Å². The van der Waals surface area contributed by atoms with E-state index in [1.54, 1.807) is 43.3 Å². The molecule has 0 radical (unpaired) electrons. The van der Waals surface area contributed by atoms with Gasteiger partial charge in [0.1, 0.15) is 11.5 Å². The highest BCUT2D eigenvalue weighted by atomic mass is 35.5. The predicted molar refractivity (Wildman–Crippen MR) is 103 cm³/mol. The number of hydrogen-bond acceptors (Lipinski definition) is 3. The largest absolute Gasteiger partial charge is 0.481 e. The summed E-state index contributed by atoms with van der Waals surface area (Å²) in [5, 5.41) is 3.33. The van der Waals surface area contributed by atoms with Crippen molar-refractivity contribution in [3.05, 3.63) is 83.9 Å². The van der Waals surface area contributed by atoms with Crippen LogP contribution in [0, 0.1) is 0 Å². The molecule has 3 rings (SSSR count). The van der Waals surface area contributed by atoms with E-state index >= 15 is 0 Å². The van der Waals surface area contributed by atoms with E-state index in [1.165, 1.54) is 0 Å². The van der Waals surface area contributed by atoms with Gasteiger partial charge in [0.2, 0.25) is 0 Å². The highest BCUT2D eigenvalue weighted by Gasteiger charge is 2.17. The summed E-state index contributed by atoms with van der Waals surface area (Å²) in [6.45, 7) is 1.69. The summed E-state index contributed by atoms with van der Waals surface area (Å²) >= 11 is 6.14. The number of benzene rings is 3. The van der Waals surface area contributed by atoms with E-state index in [1.807, 2.05) is 42.5 Å². The number of para-hydroxylation sites is 4. The van der Waals surface area contributed by atoms with Crippen molar-refractivity contribution in [2.75, 3.05) is 5.32 Å². The molecule has 0 fully saturated rings. The fraction of sp³-hybridized carbons (Fsp3) is 0.0952. The van der Waals surface area contributed by atoms with Crippen LogP contribution in [0.2, 0.25) is 5.02 Å². The number of amides is 1. The first kappa shape index (κ1) is 17.8. The molecule has 1 atom stereocenters. The molecular weight excluding hydrogens is 350 g/mol. The fourth-order valence-corrected chi connectivity index (χ4v) is 2.47. The monoisotopic (exact) mass is 367 g/mol. The summed E-state index contributed by atoms with van der Waals surface area (Å²) in [6.07, 6.45) is -0.661. The minimum atomic E-state index is -0.661. The van der Waals surface area contributed by atoms with Crippen LogP contribution in [0.1, 0.15) is 6.92 Å². The van der Waals surface area contributed by atoms with E-state index in [4.69, 9.17) is 21.1 Å². The van der Waals surface area contributed by atoms with Gasteiger partial charge in [-0.05, 0) is 43.3 Å². The highest BCUT2D eigenvalue weighted by Crippen LogP contribution is 2.33.